The first kappa shape index (κ1) is 29.5. The molecule has 1 heterocycles. The van der Waals surface area contributed by atoms with Crippen LogP contribution in [0.15, 0.2) is 52.2 Å². The molecule has 0 amide bonds. The van der Waals surface area contributed by atoms with Crippen molar-refractivity contribution in [2.24, 2.45) is 5.92 Å². The van der Waals surface area contributed by atoms with Crippen LogP contribution < -0.4 is 14.5 Å². The fraction of sp³-hybridized carbons (Fsp3) is 0.276. The smallest absolute Gasteiger partial charge is 0.339 e. The molecule has 1 saturated carbocycles. The molecule has 4 aromatic rings. The molecule has 0 saturated heterocycles. The van der Waals surface area contributed by atoms with Crippen LogP contribution in [0.4, 0.5) is 26.3 Å². The molecule has 5 rings (SSSR count). The van der Waals surface area contributed by atoms with E-state index in [9.17, 15) is 35.2 Å². The standard InChI is InChI=1S/C29H23F6NO5S/c1-40-22-13-17(11-15-5-3-2-4-6-15)19(30)14-21(22)36-20-9-8-18(12-16(20)7-10-23(36)37)42(38,39)41-29-27(34)25(32)24(31)26(33)28(29)35/h7-10,12-15H,2-6,11H2,1H3. The van der Waals surface area contributed by atoms with Gasteiger partial charge in [-0.15, -0.1) is 0 Å². The van der Waals surface area contributed by atoms with Gasteiger partial charge in [0.25, 0.3) is 5.56 Å². The SMILES string of the molecule is COc1cc(CC2CCCCC2)c(F)cc1-n1c(=O)ccc2cc(S(=O)(=O)Oc3c(F)c(F)c(F)c(F)c3F)ccc21. The van der Waals surface area contributed by atoms with Gasteiger partial charge in [0, 0.05) is 17.5 Å². The van der Waals surface area contributed by atoms with Crippen LogP contribution in [0.5, 0.6) is 11.5 Å². The molecular formula is C29H23F6NO5S. The largest absolute Gasteiger partial charge is 0.495 e. The Morgan fingerprint density at radius 1 is 0.833 bits per heavy atom. The highest BCUT2D eigenvalue weighted by atomic mass is 32.2. The van der Waals surface area contributed by atoms with Crippen molar-refractivity contribution in [1.82, 2.24) is 4.57 Å². The van der Waals surface area contributed by atoms with Crippen molar-refractivity contribution in [3.05, 3.63) is 93.3 Å². The third-order valence-electron chi connectivity index (χ3n) is 7.34. The van der Waals surface area contributed by atoms with E-state index in [1.807, 2.05) is 0 Å². The van der Waals surface area contributed by atoms with Crippen molar-refractivity contribution < 1.29 is 43.7 Å². The summed E-state index contributed by atoms with van der Waals surface area (Å²) < 4.78 is 120. The van der Waals surface area contributed by atoms with E-state index in [2.05, 4.69) is 4.18 Å². The number of benzene rings is 3. The Hall–Kier alpha value is -4.00. The molecule has 1 aromatic heterocycles. The number of methoxy groups -OCH3 is 1. The van der Waals surface area contributed by atoms with Gasteiger partial charge < -0.3 is 8.92 Å². The van der Waals surface area contributed by atoms with Gasteiger partial charge >= 0.3 is 10.1 Å². The molecule has 42 heavy (non-hydrogen) atoms. The van der Waals surface area contributed by atoms with E-state index in [0.29, 0.717) is 17.9 Å². The second kappa shape index (κ2) is 11.3. The lowest BCUT2D eigenvalue weighted by Gasteiger charge is -2.22. The van der Waals surface area contributed by atoms with Gasteiger partial charge in [-0.1, -0.05) is 32.1 Å². The molecule has 1 aliphatic carbocycles. The molecule has 6 nitrogen and oxygen atoms in total. The zero-order chi connectivity index (χ0) is 30.3. The Morgan fingerprint density at radius 3 is 2.12 bits per heavy atom. The summed E-state index contributed by atoms with van der Waals surface area (Å²) in [6.07, 6.45) is 5.81. The maximum absolute atomic E-state index is 15.3. The molecule has 13 heteroatoms. The maximum Gasteiger partial charge on any atom is 0.339 e. The summed E-state index contributed by atoms with van der Waals surface area (Å²) in [5.74, 6) is -14.2. The first-order valence-electron chi connectivity index (χ1n) is 12.9. The third kappa shape index (κ3) is 5.33. The highest BCUT2D eigenvalue weighted by Gasteiger charge is 2.31. The molecule has 0 N–H and O–H groups in total. The number of halogens is 6. The van der Waals surface area contributed by atoms with Gasteiger partial charge in [0.05, 0.1) is 18.3 Å². The molecule has 0 bridgehead atoms. The molecule has 222 valence electrons. The van der Waals surface area contributed by atoms with Crippen LogP contribution in [0.25, 0.3) is 16.6 Å². The molecule has 3 aromatic carbocycles. The lowest BCUT2D eigenvalue weighted by Crippen LogP contribution is -2.19. The summed E-state index contributed by atoms with van der Waals surface area (Å²) in [5, 5.41) is 0.0884. The van der Waals surface area contributed by atoms with E-state index in [1.54, 1.807) is 0 Å². The molecule has 1 aliphatic rings. The van der Waals surface area contributed by atoms with Gasteiger partial charge in [-0.25, -0.2) is 17.6 Å². The minimum Gasteiger partial charge on any atom is -0.495 e. The van der Waals surface area contributed by atoms with E-state index in [1.165, 1.54) is 19.2 Å². The van der Waals surface area contributed by atoms with E-state index in [4.69, 9.17) is 4.74 Å². The summed E-state index contributed by atoms with van der Waals surface area (Å²) in [7, 11) is -3.77. The van der Waals surface area contributed by atoms with Crippen LogP contribution >= 0.6 is 0 Å². The molecule has 0 atom stereocenters. The highest BCUT2D eigenvalue weighted by molar-refractivity contribution is 7.87. The Morgan fingerprint density at radius 2 is 1.48 bits per heavy atom. The Labute approximate surface area is 236 Å². The van der Waals surface area contributed by atoms with Gasteiger partial charge in [0.2, 0.25) is 34.8 Å². The first-order valence-corrected chi connectivity index (χ1v) is 14.3. The number of hydrogen-bond donors (Lipinski definition) is 0. The summed E-state index contributed by atoms with van der Waals surface area (Å²) >= 11 is 0. The highest BCUT2D eigenvalue weighted by Crippen LogP contribution is 2.34. The fourth-order valence-corrected chi connectivity index (χ4v) is 6.19. The number of hydrogen-bond acceptors (Lipinski definition) is 5. The molecule has 0 radical (unpaired) electrons. The number of fused-ring (bicyclic) bond motifs is 1. The van der Waals surface area contributed by atoms with Crippen LogP contribution in [0, 0.1) is 40.8 Å². The maximum atomic E-state index is 15.3. The first-order chi connectivity index (χ1) is 19.9. The van der Waals surface area contributed by atoms with Crippen molar-refractivity contribution in [3.63, 3.8) is 0 Å². The van der Waals surface area contributed by atoms with Crippen molar-refractivity contribution in [3.8, 4) is 17.2 Å². The second-order valence-electron chi connectivity index (χ2n) is 9.99. The molecule has 0 aliphatic heterocycles. The molecular weight excluding hydrogens is 588 g/mol. The van der Waals surface area contributed by atoms with Crippen LogP contribution in [0.2, 0.25) is 0 Å². The van der Waals surface area contributed by atoms with Crippen molar-refractivity contribution >= 4 is 21.0 Å². The summed E-state index contributed by atoms with van der Waals surface area (Å²) in [6, 6.07) is 8.03. The summed E-state index contributed by atoms with van der Waals surface area (Å²) in [6.45, 7) is 0. The normalized spacial score (nSPS) is 14.4. The summed E-state index contributed by atoms with van der Waals surface area (Å²) in [5.41, 5.74) is -0.00962. The van der Waals surface area contributed by atoms with Gasteiger partial charge in [0.15, 0.2) is 0 Å². The number of nitrogens with zero attached hydrogens (tertiary/aromatic N) is 1. The monoisotopic (exact) mass is 611 g/mol. The van der Waals surface area contributed by atoms with Crippen molar-refractivity contribution in [1.29, 1.82) is 0 Å². The van der Waals surface area contributed by atoms with E-state index in [0.717, 1.165) is 67.0 Å². The zero-order valence-electron chi connectivity index (χ0n) is 22.0. The Balaban J connectivity index is 1.56. The van der Waals surface area contributed by atoms with Gasteiger partial charge in [-0.05, 0) is 48.2 Å². The number of rotatable bonds is 7. The van der Waals surface area contributed by atoms with Crippen LogP contribution in [0.3, 0.4) is 0 Å². The minimum atomic E-state index is -5.13. The summed E-state index contributed by atoms with van der Waals surface area (Å²) in [4.78, 5) is 12.2. The third-order valence-corrected chi connectivity index (χ3v) is 8.56. The van der Waals surface area contributed by atoms with Gasteiger partial charge in [-0.3, -0.25) is 9.36 Å². The van der Waals surface area contributed by atoms with Crippen molar-refractivity contribution in [2.45, 2.75) is 43.4 Å². The van der Waals surface area contributed by atoms with Crippen molar-refractivity contribution in [2.75, 3.05) is 7.11 Å². The average Bonchev–Trinajstić information content (AvgIpc) is 2.98. The average molecular weight is 612 g/mol. The van der Waals surface area contributed by atoms with Crippen LogP contribution in [-0.4, -0.2) is 20.1 Å². The van der Waals surface area contributed by atoms with Gasteiger partial charge in [-0.2, -0.15) is 17.2 Å². The number of aromatic nitrogens is 1. The molecule has 0 unspecified atom stereocenters. The number of ether oxygens (including phenoxy) is 1. The van der Waals surface area contributed by atoms with E-state index in [-0.39, 0.29) is 22.3 Å². The van der Waals surface area contributed by atoms with E-state index < -0.39 is 61.2 Å². The molecule has 1 fully saturated rings. The van der Waals surface area contributed by atoms with Crippen LogP contribution in [-0.2, 0) is 16.5 Å². The Bertz CT molecular complexity index is 1840. The number of pyridine rings is 1. The second-order valence-corrected chi connectivity index (χ2v) is 11.5. The van der Waals surface area contributed by atoms with Crippen LogP contribution in [0.1, 0.15) is 37.7 Å². The fourth-order valence-electron chi connectivity index (χ4n) is 5.23. The quantitative estimate of drug-likeness (QED) is 0.100. The Kier molecular flexibility index (Phi) is 7.97. The lowest BCUT2D eigenvalue weighted by atomic mass is 9.84. The molecule has 0 spiro atoms. The van der Waals surface area contributed by atoms with Gasteiger partial charge in [0.1, 0.15) is 16.5 Å². The minimum absolute atomic E-state index is 0.0475. The van der Waals surface area contributed by atoms with E-state index >= 15 is 4.39 Å². The predicted molar refractivity (Wildman–Crippen MR) is 140 cm³/mol. The predicted octanol–water partition coefficient (Wildman–Crippen LogP) is 6.72. The topological polar surface area (TPSA) is 74.6 Å². The zero-order valence-corrected chi connectivity index (χ0v) is 22.8. The lowest BCUT2D eigenvalue weighted by molar-refractivity contribution is 0.346.